The van der Waals surface area contributed by atoms with Crippen molar-refractivity contribution in [3.8, 4) is 0 Å². The summed E-state index contributed by atoms with van der Waals surface area (Å²) in [5.74, 6) is 0. The molecule has 1 aliphatic heterocycles. The molecule has 0 atom stereocenters. The zero-order valence-corrected chi connectivity index (χ0v) is 12.9. The molecule has 1 aromatic rings. The van der Waals surface area contributed by atoms with Crippen LogP contribution in [-0.4, -0.2) is 50.7 Å². The number of hydrogen-bond donors (Lipinski definition) is 1. The highest BCUT2D eigenvalue weighted by atomic mass is 15.3. The number of unbranched alkanes of at least 4 members (excludes halogenated alkanes) is 2. The van der Waals surface area contributed by atoms with E-state index in [0.717, 1.165) is 6.54 Å². The lowest BCUT2D eigenvalue weighted by Gasteiger charge is -2.36. The Morgan fingerprint density at radius 1 is 0.950 bits per heavy atom. The van der Waals surface area contributed by atoms with E-state index in [9.17, 15) is 0 Å². The fourth-order valence-corrected chi connectivity index (χ4v) is 2.81. The van der Waals surface area contributed by atoms with Gasteiger partial charge in [-0.15, -0.1) is 0 Å². The lowest BCUT2D eigenvalue weighted by atomic mass is 10.2. The number of benzene rings is 1. The van der Waals surface area contributed by atoms with E-state index in [1.54, 1.807) is 0 Å². The molecule has 0 aliphatic carbocycles. The van der Waals surface area contributed by atoms with Crippen LogP contribution in [-0.2, 0) is 0 Å². The summed E-state index contributed by atoms with van der Waals surface area (Å²) >= 11 is 0. The van der Waals surface area contributed by atoms with Crippen molar-refractivity contribution in [1.82, 2.24) is 10.2 Å². The van der Waals surface area contributed by atoms with E-state index in [4.69, 9.17) is 0 Å². The topological polar surface area (TPSA) is 18.5 Å². The zero-order chi connectivity index (χ0) is 14.0. The Labute approximate surface area is 124 Å². The number of anilines is 1. The second-order valence-corrected chi connectivity index (χ2v) is 5.58. The molecular weight excluding hydrogens is 246 g/mol. The highest BCUT2D eigenvalue weighted by Gasteiger charge is 2.16. The molecule has 20 heavy (non-hydrogen) atoms. The number of hydrogen-bond acceptors (Lipinski definition) is 3. The Morgan fingerprint density at radius 2 is 1.70 bits per heavy atom. The first-order chi connectivity index (χ1) is 9.90. The van der Waals surface area contributed by atoms with Gasteiger partial charge in [-0.1, -0.05) is 31.5 Å². The van der Waals surface area contributed by atoms with Crippen molar-refractivity contribution in [2.75, 3.05) is 50.7 Å². The van der Waals surface area contributed by atoms with E-state index in [1.165, 1.54) is 64.2 Å². The fraction of sp³-hybridized carbons (Fsp3) is 0.647. The van der Waals surface area contributed by atoms with E-state index in [0.29, 0.717) is 0 Å². The molecule has 112 valence electrons. The van der Waals surface area contributed by atoms with Gasteiger partial charge in [0.05, 0.1) is 0 Å². The van der Waals surface area contributed by atoms with Crippen LogP contribution in [0.2, 0.25) is 0 Å². The minimum Gasteiger partial charge on any atom is -0.369 e. The van der Waals surface area contributed by atoms with Crippen molar-refractivity contribution in [3.63, 3.8) is 0 Å². The molecule has 0 amide bonds. The van der Waals surface area contributed by atoms with Crippen LogP contribution in [0.1, 0.15) is 26.2 Å². The summed E-state index contributed by atoms with van der Waals surface area (Å²) in [4.78, 5) is 5.12. The molecule has 3 nitrogen and oxygen atoms in total. The van der Waals surface area contributed by atoms with Crippen LogP contribution < -0.4 is 10.2 Å². The number of nitrogens with one attached hydrogen (secondary N) is 1. The maximum absolute atomic E-state index is 3.39. The number of rotatable bonds is 8. The molecule has 1 aliphatic rings. The summed E-state index contributed by atoms with van der Waals surface area (Å²) in [7, 11) is 0. The molecule has 0 unspecified atom stereocenters. The van der Waals surface area contributed by atoms with Gasteiger partial charge in [0.15, 0.2) is 0 Å². The SMILES string of the molecule is CCNCCCCCN1CCN(c2ccccc2)CC1. The third-order valence-corrected chi connectivity index (χ3v) is 4.07. The molecule has 0 aromatic heterocycles. The van der Waals surface area contributed by atoms with Crippen LogP contribution in [0.15, 0.2) is 30.3 Å². The van der Waals surface area contributed by atoms with E-state index >= 15 is 0 Å². The molecule has 0 spiro atoms. The summed E-state index contributed by atoms with van der Waals surface area (Å²) in [5, 5.41) is 3.39. The van der Waals surface area contributed by atoms with Gasteiger partial charge in [-0.05, 0) is 44.6 Å². The Kier molecular flexibility index (Phi) is 6.89. The van der Waals surface area contributed by atoms with Crippen molar-refractivity contribution >= 4 is 5.69 Å². The highest BCUT2D eigenvalue weighted by molar-refractivity contribution is 5.46. The first-order valence-corrected chi connectivity index (χ1v) is 8.13. The number of piperazine rings is 1. The summed E-state index contributed by atoms with van der Waals surface area (Å²) in [6.45, 7) is 10.5. The Hall–Kier alpha value is -1.06. The van der Waals surface area contributed by atoms with E-state index < -0.39 is 0 Å². The lowest BCUT2D eigenvalue weighted by molar-refractivity contribution is 0.252. The van der Waals surface area contributed by atoms with Crippen LogP contribution in [0, 0.1) is 0 Å². The van der Waals surface area contributed by atoms with Crippen LogP contribution in [0.3, 0.4) is 0 Å². The van der Waals surface area contributed by atoms with E-state index in [1.807, 2.05) is 0 Å². The molecule has 1 fully saturated rings. The third-order valence-electron chi connectivity index (χ3n) is 4.07. The summed E-state index contributed by atoms with van der Waals surface area (Å²) in [5.41, 5.74) is 1.37. The Bertz CT molecular complexity index is 345. The van der Waals surface area contributed by atoms with Gasteiger partial charge in [-0.25, -0.2) is 0 Å². The van der Waals surface area contributed by atoms with Gasteiger partial charge in [0, 0.05) is 31.9 Å². The molecule has 1 N–H and O–H groups in total. The molecule has 0 saturated carbocycles. The van der Waals surface area contributed by atoms with Gasteiger partial charge in [-0.3, -0.25) is 4.90 Å². The fourth-order valence-electron chi connectivity index (χ4n) is 2.81. The quantitative estimate of drug-likeness (QED) is 0.736. The van der Waals surface area contributed by atoms with Gasteiger partial charge < -0.3 is 10.2 Å². The van der Waals surface area contributed by atoms with Crippen LogP contribution in [0.5, 0.6) is 0 Å². The van der Waals surface area contributed by atoms with E-state index in [-0.39, 0.29) is 0 Å². The Morgan fingerprint density at radius 3 is 2.40 bits per heavy atom. The van der Waals surface area contributed by atoms with Crippen LogP contribution >= 0.6 is 0 Å². The maximum atomic E-state index is 3.39. The van der Waals surface area contributed by atoms with E-state index in [2.05, 4.69) is 52.4 Å². The van der Waals surface area contributed by atoms with Gasteiger partial charge in [0.2, 0.25) is 0 Å². The summed E-state index contributed by atoms with van der Waals surface area (Å²) in [6, 6.07) is 10.8. The predicted octanol–water partition coefficient (Wildman–Crippen LogP) is 2.59. The Balaban J connectivity index is 1.58. The second-order valence-electron chi connectivity index (χ2n) is 5.58. The first kappa shape index (κ1) is 15.3. The molecule has 1 saturated heterocycles. The lowest BCUT2D eigenvalue weighted by Crippen LogP contribution is -2.46. The molecule has 3 heteroatoms. The third kappa shape index (κ3) is 5.14. The molecule has 1 aromatic carbocycles. The number of nitrogens with zero attached hydrogens (tertiary/aromatic N) is 2. The van der Waals surface area contributed by atoms with Gasteiger partial charge >= 0.3 is 0 Å². The van der Waals surface area contributed by atoms with Crippen molar-refractivity contribution in [3.05, 3.63) is 30.3 Å². The van der Waals surface area contributed by atoms with Crippen molar-refractivity contribution in [1.29, 1.82) is 0 Å². The zero-order valence-electron chi connectivity index (χ0n) is 12.9. The average molecular weight is 275 g/mol. The highest BCUT2D eigenvalue weighted by Crippen LogP contribution is 2.15. The normalized spacial score (nSPS) is 16.6. The van der Waals surface area contributed by atoms with Crippen molar-refractivity contribution in [2.24, 2.45) is 0 Å². The minimum atomic E-state index is 1.10. The average Bonchev–Trinajstić information content (AvgIpc) is 2.52. The maximum Gasteiger partial charge on any atom is 0.0367 e. The van der Waals surface area contributed by atoms with Gasteiger partial charge in [0.25, 0.3) is 0 Å². The standard InChI is InChI=1S/C17H29N3/c1-2-18-11-7-4-8-12-19-13-15-20(16-14-19)17-9-5-3-6-10-17/h3,5-6,9-10,18H,2,4,7-8,11-16H2,1H3. The van der Waals surface area contributed by atoms with Crippen LogP contribution in [0.25, 0.3) is 0 Å². The summed E-state index contributed by atoms with van der Waals surface area (Å²) < 4.78 is 0. The van der Waals surface area contributed by atoms with Crippen molar-refractivity contribution < 1.29 is 0 Å². The molecule has 2 rings (SSSR count). The largest absolute Gasteiger partial charge is 0.369 e. The first-order valence-electron chi connectivity index (χ1n) is 8.13. The monoisotopic (exact) mass is 275 g/mol. The second kappa shape index (κ2) is 8.98. The minimum absolute atomic E-state index is 1.10. The molecule has 1 heterocycles. The smallest absolute Gasteiger partial charge is 0.0367 e. The van der Waals surface area contributed by atoms with Crippen LogP contribution in [0.4, 0.5) is 5.69 Å². The molecule has 0 bridgehead atoms. The molecular formula is C17H29N3. The molecule has 0 radical (unpaired) electrons. The summed E-state index contributed by atoms with van der Waals surface area (Å²) in [6.07, 6.45) is 4.01. The van der Waals surface area contributed by atoms with Crippen molar-refractivity contribution in [2.45, 2.75) is 26.2 Å². The van der Waals surface area contributed by atoms with Gasteiger partial charge in [-0.2, -0.15) is 0 Å². The number of para-hydroxylation sites is 1. The predicted molar refractivity (Wildman–Crippen MR) is 87.5 cm³/mol. The van der Waals surface area contributed by atoms with Gasteiger partial charge in [0.1, 0.15) is 0 Å².